The maximum absolute atomic E-state index is 4.81. The molecule has 0 aliphatic carbocycles. The molecule has 1 N–H and O–H groups in total. The van der Waals surface area contributed by atoms with Crippen molar-refractivity contribution in [3.63, 3.8) is 0 Å². The lowest BCUT2D eigenvalue weighted by Gasteiger charge is -2.01. The predicted octanol–water partition coefficient (Wildman–Crippen LogP) is 4.09. The van der Waals surface area contributed by atoms with Crippen molar-refractivity contribution in [1.29, 1.82) is 0 Å². The molecule has 4 heteroatoms. The third kappa shape index (κ3) is 5.72. The van der Waals surface area contributed by atoms with Crippen molar-refractivity contribution in [1.82, 2.24) is 10.3 Å². The van der Waals surface area contributed by atoms with Crippen LogP contribution in [0.25, 0.3) is 0 Å². The summed E-state index contributed by atoms with van der Waals surface area (Å²) in [7, 11) is 0. The molecule has 0 bridgehead atoms. The van der Waals surface area contributed by atoms with Crippen LogP contribution in [0.15, 0.2) is 0 Å². The highest BCUT2D eigenvalue weighted by Crippen LogP contribution is 2.24. The van der Waals surface area contributed by atoms with Gasteiger partial charge in [0.25, 0.3) is 0 Å². The second-order valence-electron chi connectivity index (χ2n) is 4.92. The zero-order valence-electron chi connectivity index (χ0n) is 12.1. The van der Waals surface area contributed by atoms with Gasteiger partial charge in [-0.15, -0.1) is 11.3 Å². The minimum atomic E-state index is 0.770. The summed E-state index contributed by atoms with van der Waals surface area (Å²) in [6.45, 7) is 10.9. The Morgan fingerprint density at radius 2 is 2.11 bits per heavy atom. The molecular formula is C14H26N2S2. The van der Waals surface area contributed by atoms with Gasteiger partial charge in [0, 0.05) is 17.2 Å². The van der Waals surface area contributed by atoms with Gasteiger partial charge in [0.1, 0.15) is 5.01 Å². The van der Waals surface area contributed by atoms with Crippen molar-refractivity contribution in [2.75, 3.05) is 12.3 Å². The molecule has 0 unspecified atom stereocenters. The second-order valence-corrected chi connectivity index (χ2v) is 7.12. The van der Waals surface area contributed by atoms with Gasteiger partial charge in [0.2, 0.25) is 0 Å². The predicted molar refractivity (Wildman–Crippen MR) is 84.5 cm³/mol. The van der Waals surface area contributed by atoms with Crippen molar-refractivity contribution in [3.8, 4) is 0 Å². The molecule has 1 aromatic rings. The Morgan fingerprint density at radius 3 is 2.72 bits per heavy atom. The number of thioether (sulfide) groups is 1. The van der Waals surface area contributed by atoms with Crippen LogP contribution in [0.2, 0.25) is 0 Å². The van der Waals surface area contributed by atoms with E-state index in [0.29, 0.717) is 0 Å². The van der Waals surface area contributed by atoms with E-state index < -0.39 is 0 Å². The molecule has 0 radical (unpaired) electrons. The summed E-state index contributed by atoms with van der Waals surface area (Å²) in [5.74, 6) is 3.07. The number of rotatable bonds is 9. The Bertz CT molecular complexity index is 335. The van der Waals surface area contributed by atoms with E-state index in [9.17, 15) is 0 Å². The van der Waals surface area contributed by atoms with Crippen LogP contribution in [0.4, 0.5) is 0 Å². The number of hydrogen-bond donors (Lipinski definition) is 1. The van der Waals surface area contributed by atoms with Gasteiger partial charge in [-0.2, -0.15) is 11.8 Å². The lowest BCUT2D eigenvalue weighted by atomic mass is 10.2. The minimum Gasteiger partial charge on any atom is -0.312 e. The number of aryl methyl sites for hydroxylation is 1. The van der Waals surface area contributed by atoms with Crippen LogP contribution in [0.3, 0.4) is 0 Å². The molecule has 18 heavy (non-hydrogen) atoms. The number of nitrogens with zero attached hydrogens (tertiary/aromatic N) is 1. The van der Waals surface area contributed by atoms with Gasteiger partial charge in [0.15, 0.2) is 0 Å². The monoisotopic (exact) mass is 286 g/mol. The molecule has 1 rings (SSSR count). The van der Waals surface area contributed by atoms with Crippen LogP contribution >= 0.6 is 23.1 Å². The topological polar surface area (TPSA) is 24.9 Å². The number of hydrogen-bond acceptors (Lipinski definition) is 4. The zero-order chi connectivity index (χ0) is 13.4. The molecule has 0 fully saturated rings. The van der Waals surface area contributed by atoms with Crippen molar-refractivity contribution in [2.45, 2.75) is 52.8 Å². The first-order valence-corrected chi connectivity index (χ1v) is 8.90. The summed E-state index contributed by atoms with van der Waals surface area (Å²) in [5, 5.41) is 4.72. The summed E-state index contributed by atoms with van der Waals surface area (Å²) in [5.41, 5.74) is 1.32. The van der Waals surface area contributed by atoms with Crippen LogP contribution < -0.4 is 5.32 Å². The Morgan fingerprint density at radius 1 is 1.33 bits per heavy atom. The highest BCUT2D eigenvalue weighted by molar-refractivity contribution is 7.98. The maximum Gasteiger partial charge on any atom is 0.103 e. The van der Waals surface area contributed by atoms with Crippen LogP contribution in [0.1, 0.15) is 49.7 Å². The molecule has 1 heterocycles. The smallest absolute Gasteiger partial charge is 0.103 e. The van der Waals surface area contributed by atoms with Crippen molar-refractivity contribution in [2.24, 2.45) is 5.92 Å². The summed E-state index contributed by atoms with van der Waals surface area (Å²) < 4.78 is 0. The molecule has 1 aromatic heterocycles. The SMILES string of the molecule is CCCc1nc(CSCC(C)C)sc1CNCC. The number of nitrogens with one attached hydrogen (secondary N) is 1. The Balaban J connectivity index is 2.56. The fourth-order valence-electron chi connectivity index (χ4n) is 1.69. The molecule has 0 saturated carbocycles. The molecule has 0 aliphatic heterocycles. The third-order valence-corrected chi connectivity index (χ3v) is 5.18. The lowest BCUT2D eigenvalue weighted by Crippen LogP contribution is -2.11. The van der Waals surface area contributed by atoms with E-state index in [1.165, 1.54) is 27.8 Å². The van der Waals surface area contributed by atoms with E-state index in [1.807, 2.05) is 23.1 Å². The van der Waals surface area contributed by atoms with Crippen molar-refractivity contribution < 1.29 is 0 Å². The quantitative estimate of drug-likeness (QED) is 0.740. The molecular weight excluding hydrogens is 260 g/mol. The van der Waals surface area contributed by atoms with Crippen LogP contribution in [0.5, 0.6) is 0 Å². The minimum absolute atomic E-state index is 0.770. The van der Waals surface area contributed by atoms with Gasteiger partial charge in [-0.25, -0.2) is 4.98 Å². The van der Waals surface area contributed by atoms with Gasteiger partial charge >= 0.3 is 0 Å². The Labute approximate surface area is 120 Å². The van der Waals surface area contributed by atoms with E-state index in [0.717, 1.165) is 31.2 Å². The van der Waals surface area contributed by atoms with Gasteiger partial charge in [-0.3, -0.25) is 0 Å². The molecule has 0 aromatic carbocycles. The first kappa shape index (κ1) is 16.0. The fraction of sp³-hybridized carbons (Fsp3) is 0.786. The first-order valence-electron chi connectivity index (χ1n) is 6.93. The summed E-state index contributed by atoms with van der Waals surface area (Å²) in [4.78, 5) is 6.25. The zero-order valence-corrected chi connectivity index (χ0v) is 13.7. The normalized spacial score (nSPS) is 11.4. The van der Waals surface area contributed by atoms with E-state index in [2.05, 4.69) is 33.0 Å². The highest BCUT2D eigenvalue weighted by Gasteiger charge is 2.10. The van der Waals surface area contributed by atoms with E-state index in [4.69, 9.17) is 4.98 Å². The van der Waals surface area contributed by atoms with Gasteiger partial charge in [0.05, 0.1) is 5.69 Å². The molecule has 104 valence electrons. The van der Waals surface area contributed by atoms with Crippen LogP contribution in [-0.2, 0) is 18.7 Å². The first-order chi connectivity index (χ1) is 8.67. The molecule has 2 nitrogen and oxygen atoms in total. The Kier molecular flexibility index (Phi) is 7.95. The van der Waals surface area contributed by atoms with Crippen LogP contribution in [-0.4, -0.2) is 17.3 Å². The highest BCUT2D eigenvalue weighted by atomic mass is 32.2. The Hall–Kier alpha value is -0.0600. The molecule has 0 spiro atoms. The third-order valence-electron chi connectivity index (χ3n) is 2.52. The molecule has 0 atom stereocenters. The van der Waals surface area contributed by atoms with Crippen molar-refractivity contribution >= 4 is 23.1 Å². The number of aromatic nitrogens is 1. The largest absolute Gasteiger partial charge is 0.312 e. The average molecular weight is 287 g/mol. The van der Waals surface area contributed by atoms with E-state index in [1.54, 1.807) is 0 Å². The summed E-state index contributed by atoms with van der Waals surface area (Å²) >= 11 is 3.90. The van der Waals surface area contributed by atoms with Gasteiger partial charge in [-0.1, -0.05) is 34.1 Å². The van der Waals surface area contributed by atoms with Crippen LogP contribution in [0, 0.1) is 5.92 Å². The van der Waals surface area contributed by atoms with Gasteiger partial charge < -0.3 is 5.32 Å². The molecule has 0 saturated heterocycles. The molecule has 0 aliphatic rings. The summed E-state index contributed by atoms with van der Waals surface area (Å²) in [6.07, 6.45) is 2.30. The van der Waals surface area contributed by atoms with E-state index in [-0.39, 0.29) is 0 Å². The number of thiazole rings is 1. The second kappa shape index (κ2) is 8.94. The standard InChI is InChI=1S/C14H26N2S2/c1-5-7-12-13(8-15-6-2)18-14(16-12)10-17-9-11(3)4/h11,15H,5-10H2,1-4H3. The van der Waals surface area contributed by atoms with Crippen molar-refractivity contribution in [3.05, 3.63) is 15.6 Å². The summed E-state index contributed by atoms with van der Waals surface area (Å²) in [6, 6.07) is 0. The fourth-order valence-corrected chi connectivity index (χ4v) is 3.88. The maximum atomic E-state index is 4.81. The van der Waals surface area contributed by atoms with E-state index >= 15 is 0 Å². The average Bonchev–Trinajstić information content (AvgIpc) is 2.69. The molecule has 0 amide bonds. The van der Waals surface area contributed by atoms with Gasteiger partial charge in [-0.05, 0) is 24.6 Å². The lowest BCUT2D eigenvalue weighted by molar-refractivity contribution is 0.723.